The van der Waals surface area contributed by atoms with E-state index in [2.05, 4.69) is 10.4 Å². The quantitative estimate of drug-likeness (QED) is 0.833. The lowest BCUT2D eigenvalue weighted by molar-refractivity contribution is 0.104. The van der Waals surface area contributed by atoms with Crippen LogP contribution in [0.2, 0.25) is 0 Å². The maximum atomic E-state index is 12.6. The van der Waals surface area contributed by atoms with Crippen LogP contribution in [0.1, 0.15) is 37.8 Å². The minimum atomic E-state index is -3.16. The van der Waals surface area contributed by atoms with Gasteiger partial charge in [0.2, 0.25) is 0 Å². The van der Waals surface area contributed by atoms with Gasteiger partial charge in [0.25, 0.3) is 0 Å². The van der Waals surface area contributed by atoms with Crippen LogP contribution in [0.25, 0.3) is 0 Å². The van der Waals surface area contributed by atoms with E-state index in [1.165, 1.54) is 0 Å². The molecule has 0 spiro atoms. The maximum Gasteiger partial charge on any atom is 0.317 e. The second-order valence-electron chi connectivity index (χ2n) is 6.61. The summed E-state index contributed by atoms with van der Waals surface area (Å²) in [5.41, 5.74) is 0.763. The van der Waals surface area contributed by atoms with Gasteiger partial charge in [0.15, 0.2) is 9.84 Å². The summed E-state index contributed by atoms with van der Waals surface area (Å²) in [7, 11) is -3.16. The highest BCUT2D eigenvalue weighted by molar-refractivity contribution is 7.91. The van der Waals surface area contributed by atoms with Gasteiger partial charge < -0.3 is 15.0 Å². The molecule has 25 heavy (non-hydrogen) atoms. The second kappa shape index (κ2) is 7.74. The molecule has 140 valence electrons. The number of ether oxygens (including phenoxy) is 1. The number of hydrogen-bond acceptors (Lipinski definition) is 5. The molecular formula is C16H26N4O4S. The molecule has 2 aliphatic rings. The first-order chi connectivity index (χ1) is 12.0. The average molecular weight is 370 g/mol. The fraction of sp³-hybridized carbons (Fsp3) is 0.750. The Hall–Kier alpha value is -1.61. The van der Waals surface area contributed by atoms with E-state index in [0.29, 0.717) is 13.1 Å². The van der Waals surface area contributed by atoms with Gasteiger partial charge in [-0.05, 0) is 26.2 Å². The molecule has 1 aromatic heterocycles. The monoisotopic (exact) mass is 370 g/mol. The summed E-state index contributed by atoms with van der Waals surface area (Å²) >= 11 is 0. The predicted molar refractivity (Wildman–Crippen MR) is 93.0 cm³/mol. The highest BCUT2D eigenvalue weighted by Crippen LogP contribution is 2.26. The first kappa shape index (κ1) is 18.2. The Kier molecular flexibility index (Phi) is 5.63. The molecule has 9 heteroatoms. The summed E-state index contributed by atoms with van der Waals surface area (Å²) in [6.07, 6.45) is 6.60. The lowest BCUT2D eigenvalue weighted by Gasteiger charge is -2.35. The van der Waals surface area contributed by atoms with Crippen LogP contribution >= 0.6 is 0 Å². The van der Waals surface area contributed by atoms with Crippen LogP contribution in [0.3, 0.4) is 0 Å². The van der Waals surface area contributed by atoms with Crippen molar-refractivity contribution in [2.75, 3.05) is 31.2 Å². The molecule has 0 bridgehead atoms. The zero-order chi connectivity index (χ0) is 17.9. The maximum absolute atomic E-state index is 12.6. The molecule has 0 saturated carbocycles. The Balaban J connectivity index is 1.64. The highest BCUT2D eigenvalue weighted by atomic mass is 32.2. The van der Waals surface area contributed by atoms with E-state index in [-0.39, 0.29) is 30.2 Å². The number of nitrogens with one attached hydrogen (secondary N) is 1. The first-order valence-corrected chi connectivity index (χ1v) is 10.7. The smallest absolute Gasteiger partial charge is 0.317 e. The molecule has 2 fully saturated rings. The van der Waals surface area contributed by atoms with E-state index < -0.39 is 15.9 Å². The molecule has 0 radical (unpaired) electrons. The van der Waals surface area contributed by atoms with Crippen LogP contribution in [-0.2, 0) is 21.1 Å². The molecule has 0 unspecified atom stereocenters. The topological polar surface area (TPSA) is 93.5 Å². The Morgan fingerprint density at radius 3 is 3.00 bits per heavy atom. The zero-order valence-electron chi connectivity index (χ0n) is 14.6. The fourth-order valence-corrected chi connectivity index (χ4v) is 4.86. The molecule has 3 rings (SSSR count). The SMILES string of the molecule is CCn1cc([C@H]2CS(=O)(=O)CCN2C(=O)NCC[C@H]2CCCO2)cn1. The van der Waals surface area contributed by atoms with Gasteiger partial charge in [-0.2, -0.15) is 5.10 Å². The van der Waals surface area contributed by atoms with Crippen molar-refractivity contribution < 1.29 is 17.9 Å². The van der Waals surface area contributed by atoms with E-state index in [4.69, 9.17) is 4.74 Å². The molecule has 3 heterocycles. The normalized spacial score (nSPS) is 25.9. The average Bonchev–Trinajstić information content (AvgIpc) is 3.25. The standard InChI is InChI=1S/C16H26N4O4S/c1-2-19-11-13(10-18-19)15-12-25(22,23)9-7-20(15)16(21)17-6-5-14-4-3-8-24-14/h10-11,14-15H,2-9,12H2,1H3,(H,17,21)/t14-,15-/m1/s1. The summed E-state index contributed by atoms with van der Waals surface area (Å²) in [6.45, 7) is 4.20. The van der Waals surface area contributed by atoms with Crippen molar-refractivity contribution in [2.24, 2.45) is 0 Å². The van der Waals surface area contributed by atoms with Crippen molar-refractivity contribution in [1.82, 2.24) is 20.0 Å². The van der Waals surface area contributed by atoms with E-state index in [1.54, 1.807) is 15.8 Å². The molecule has 0 aromatic carbocycles. The Morgan fingerprint density at radius 2 is 2.32 bits per heavy atom. The number of amides is 2. The summed E-state index contributed by atoms with van der Waals surface area (Å²) < 4.78 is 31.4. The zero-order valence-corrected chi connectivity index (χ0v) is 15.4. The van der Waals surface area contributed by atoms with Crippen LogP contribution in [0, 0.1) is 0 Å². The molecule has 2 saturated heterocycles. The third kappa shape index (κ3) is 4.52. The summed E-state index contributed by atoms with van der Waals surface area (Å²) in [5, 5.41) is 7.12. The molecule has 1 N–H and O–H groups in total. The minimum absolute atomic E-state index is 0.00453. The number of urea groups is 1. The summed E-state index contributed by atoms with van der Waals surface area (Å²) in [6, 6.07) is -0.705. The van der Waals surface area contributed by atoms with E-state index in [1.807, 2.05) is 13.1 Å². The first-order valence-electron chi connectivity index (χ1n) is 8.87. The minimum Gasteiger partial charge on any atom is -0.378 e. The summed E-state index contributed by atoms with van der Waals surface area (Å²) in [5.74, 6) is -0.0495. The van der Waals surface area contributed by atoms with Gasteiger partial charge in [0.05, 0.1) is 29.8 Å². The van der Waals surface area contributed by atoms with Crippen LogP contribution in [-0.4, -0.2) is 66.4 Å². The van der Waals surface area contributed by atoms with Gasteiger partial charge in [-0.3, -0.25) is 4.68 Å². The number of carbonyl (C=O) groups is 1. The third-order valence-corrected chi connectivity index (χ3v) is 6.45. The molecule has 8 nitrogen and oxygen atoms in total. The van der Waals surface area contributed by atoms with E-state index in [9.17, 15) is 13.2 Å². The van der Waals surface area contributed by atoms with E-state index >= 15 is 0 Å². The predicted octanol–water partition coefficient (Wildman–Crippen LogP) is 0.953. The van der Waals surface area contributed by atoms with Gasteiger partial charge in [0, 0.05) is 38.0 Å². The molecule has 1 aromatic rings. The van der Waals surface area contributed by atoms with Gasteiger partial charge >= 0.3 is 6.03 Å². The van der Waals surface area contributed by atoms with Crippen LogP contribution in [0.15, 0.2) is 12.4 Å². The van der Waals surface area contributed by atoms with E-state index in [0.717, 1.165) is 31.4 Å². The van der Waals surface area contributed by atoms with Crippen molar-refractivity contribution in [1.29, 1.82) is 0 Å². The van der Waals surface area contributed by atoms with Crippen LogP contribution < -0.4 is 5.32 Å². The largest absolute Gasteiger partial charge is 0.378 e. The van der Waals surface area contributed by atoms with Crippen molar-refractivity contribution in [3.63, 3.8) is 0 Å². The van der Waals surface area contributed by atoms with Crippen LogP contribution in [0.4, 0.5) is 4.79 Å². The Bertz CT molecular complexity index is 697. The highest BCUT2D eigenvalue weighted by Gasteiger charge is 2.35. The fourth-order valence-electron chi connectivity index (χ4n) is 3.36. The van der Waals surface area contributed by atoms with Gasteiger partial charge in [0.1, 0.15) is 0 Å². The number of aryl methyl sites for hydroxylation is 1. The lowest BCUT2D eigenvalue weighted by atomic mass is 10.1. The van der Waals surface area contributed by atoms with Crippen molar-refractivity contribution >= 4 is 15.9 Å². The van der Waals surface area contributed by atoms with Gasteiger partial charge in [-0.1, -0.05) is 0 Å². The molecular weight excluding hydrogens is 344 g/mol. The number of rotatable bonds is 5. The van der Waals surface area contributed by atoms with Crippen LogP contribution in [0.5, 0.6) is 0 Å². The third-order valence-electron chi connectivity index (χ3n) is 4.82. The number of carbonyl (C=O) groups excluding carboxylic acids is 1. The molecule has 2 amide bonds. The van der Waals surface area contributed by atoms with Crippen molar-refractivity contribution in [3.8, 4) is 0 Å². The summed E-state index contributed by atoms with van der Waals surface area (Å²) in [4.78, 5) is 14.2. The molecule has 2 aliphatic heterocycles. The lowest BCUT2D eigenvalue weighted by Crippen LogP contribution is -2.50. The number of nitrogens with zero attached hydrogens (tertiary/aromatic N) is 3. The second-order valence-corrected chi connectivity index (χ2v) is 8.84. The Morgan fingerprint density at radius 1 is 1.48 bits per heavy atom. The van der Waals surface area contributed by atoms with Crippen molar-refractivity contribution in [2.45, 2.75) is 44.9 Å². The number of sulfone groups is 1. The van der Waals surface area contributed by atoms with Gasteiger partial charge in [-0.15, -0.1) is 0 Å². The molecule has 2 atom stereocenters. The van der Waals surface area contributed by atoms with Gasteiger partial charge in [-0.25, -0.2) is 13.2 Å². The number of aromatic nitrogens is 2. The molecule has 0 aliphatic carbocycles. The van der Waals surface area contributed by atoms with Crippen molar-refractivity contribution in [3.05, 3.63) is 18.0 Å². The number of hydrogen-bond donors (Lipinski definition) is 1. The Labute approximate surface area is 148 Å².